The lowest BCUT2D eigenvalue weighted by Crippen LogP contribution is -2.41. The van der Waals surface area contributed by atoms with Crippen molar-refractivity contribution in [2.45, 2.75) is 13.5 Å². The number of nitrogens with one attached hydrogen (secondary N) is 2. The minimum atomic E-state index is -0.744. The number of esters is 1. The van der Waals surface area contributed by atoms with Gasteiger partial charge in [-0.05, 0) is 36.3 Å². The van der Waals surface area contributed by atoms with E-state index in [0.717, 1.165) is 5.56 Å². The smallest absolute Gasteiger partial charge is 0.331 e. The van der Waals surface area contributed by atoms with Crippen molar-refractivity contribution < 1.29 is 28.6 Å². The number of hydrogen-bond acceptors (Lipinski definition) is 6. The van der Waals surface area contributed by atoms with Crippen LogP contribution in [0.2, 0.25) is 0 Å². The Morgan fingerprint density at radius 3 is 2.53 bits per heavy atom. The Labute approximate surface area is 186 Å². The zero-order valence-electron chi connectivity index (χ0n) is 17.8. The standard InChI is InChI=1S/C24H26N2O6/c1-3-14-25-24(29)26-22(27)17-32-23(28)13-11-18-10-12-20(21(15-18)30-4-2)31-16-19-8-6-5-7-9-19/h3,5-13,15H,1,4,14,16-17H2,2H3,(H2,25,26,27,29). The minimum Gasteiger partial charge on any atom is -0.490 e. The first-order valence-electron chi connectivity index (χ1n) is 9.98. The fraction of sp³-hybridized carbons (Fsp3) is 0.208. The maximum absolute atomic E-state index is 11.9. The molecule has 0 heterocycles. The third kappa shape index (κ3) is 8.74. The van der Waals surface area contributed by atoms with Crippen LogP contribution in [-0.2, 0) is 20.9 Å². The van der Waals surface area contributed by atoms with Crippen molar-refractivity contribution in [2.75, 3.05) is 19.8 Å². The molecule has 8 nitrogen and oxygen atoms in total. The maximum atomic E-state index is 11.9. The normalized spacial score (nSPS) is 10.3. The Balaban J connectivity index is 1.89. The predicted molar refractivity (Wildman–Crippen MR) is 120 cm³/mol. The molecule has 2 aromatic rings. The molecule has 0 aromatic heterocycles. The number of urea groups is 1. The van der Waals surface area contributed by atoms with Gasteiger partial charge in [-0.15, -0.1) is 6.58 Å². The second-order valence-electron chi connectivity index (χ2n) is 6.40. The van der Waals surface area contributed by atoms with Gasteiger partial charge in [-0.3, -0.25) is 10.1 Å². The Kier molecular flexibility index (Phi) is 10.0. The number of rotatable bonds is 11. The summed E-state index contributed by atoms with van der Waals surface area (Å²) in [6, 6.07) is 14.3. The highest BCUT2D eigenvalue weighted by Crippen LogP contribution is 2.29. The van der Waals surface area contributed by atoms with Gasteiger partial charge < -0.3 is 19.5 Å². The van der Waals surface area contributed by atoms with Gasteiger partial charge in [0.1, 0.15) is 6.61 Å². The lowest BCUT2D eigenvalue weighted by atomic mass is 10.2. The van der Waals surface area contributed by atoms with E-state index >= 15 is 0 Å². The number of imide groups is 1. The lowest BCUT2D eigenvalue weighted by Gasteiger charge is -2.12. The molecule has 8 heteroatoms. The van der Waals surface area contributed by atoms with Crippen LogP contribution < -0.4 is 20.1 Å². The molecule has 168 valence electrons. The van der Waals surface area contributed by atoms with E-state index < -0.39 is 24.5 Å². The molecular weight excluding hydrogens is 412 g/mol. The molecule has 0 saturated heterocycles. The number of carbonyl (C=O) groups is 3. The zero-order valence-corrected chi connectivity index (χ0v) is 17.8. The summed E-state index contributed by atoms with van der Waals surface area (Å²) in [6.45, 7) is 5.78. The Hall–Kier alpha value is -4.07. The first kappa shape index (κ1) is 24.2. The van der Waals surface area contributed by atoms with Crippen LogP contribution in [0.15, 0.2) is 67.3 Å². The molecule has 0 aliphatic carbocycles. The van der Waals surface area contributed by atoms with E-state index in [4.69, 9.17) is 14.2 Å². The Morgan fingerprint density at radius 1 is 1.03 bits per heavy atom. The van der Waals surface area contributed by atoms with Gasteiger partial charge in [0.15, 0.2) is 18.1 Å². The van der Waals surface area contributed by atoms with Gasteiger partial charge in [-0.2, -0.15) is 0 Å². The fourth-order valence-electron chi connectivity index (χ4n) is 2.47. The summed E-state index contributed by atoms with van der Waals surface area (Å²) in [7, 11) is 0. The lowest BCUT2D eigenvalue weighted by molar-refractivity contribution is -0.143. The molecule has 0 atom stereocenters. The van der Waals surface area contributed by atoms with Gasteiger partial charge in [0.25, 0.3) is 5.91 Å². The van der Waals surface area contributed by atoms with Gasteiger partial charge in [0.2, 0.25) is 0 Å². The molecule has 2 N–H and O–H groups in total. The Bertz CT molecular complexity index is 956. The van der Waals surface area contributed by atoms with Gasteiger partial charge >= 0.3 is 12.0 Å². The van der Waals surface area contributed by atoms with Crippen molar-refractivity contribution in [3.8, 4) is 11.5 Å². The largest absolute Gasteiger partial charge is 0.490 e. The molecule has 0 spiro atoms. The van der Waals surface area contributed by atoms with E-state index in [9.17, 15) is 14.4 Å². The van der Waals surface area contributed by atoms with Crippen LogP contribution in [0.5, 0.6) is 11.5 Å². The molecule has 2 rings (SSSR count). The van der Waals surface area contributed by atoms with E-state index in [-0.39, 0.29) is 6.54 Å². The van der Waals surface area contributed by atoms with E-state index in [2.05, 4.69) is 11.9 Å². The molecule has 0 radical (unpaired) electrons. The van der Waals surface area contributed by atoms with Crippen molar-refractivity contribution in [3.63, 3.8) is 0 Å². The van der Waals surface area contributed by atoms with Gasteiger partial charge in [0.05, 0.1) is 6.61 Å². The van der Waals surface area contributed by atoms with Crippen LogP contribution in [0.1, 0.15) is 18.1 Å². The average Bonchev–Trinajstić information content (AvgIpc) is 2.80. The van der Waals surface area contributed by atoms with Gasteiger partial charge in [0, 0.05) is 12.6 Å². The monoisotopic (exact) mass is 438 g/mol. The molecule has 0 aliphatic rings. The Morgan fingerprint density at radius 2 is 1.81 bits per heavy atom. The third-order valence-corrected chi connectivity index (χ3v) is 3.92. The molecule has 0 fully saturated rings. The van der Waals surface area contributed by atoms with E-state index in [1.165, 1.54) is 18.2 Å². The quantitative estimate of drug-likeness (QED) is 0.317. The number of amides is 3. The first-order valence-corrected chi connectivity index (χ1v) is 9.98. The van der Waals surface area contributed by atoms with Crippen LogP contribution in [0.25, 0.3) is 6.08 Å². The zero-order chi connectivity index (χ0) is 23.2. The van der Waals surface area contributed by atoms with E-state index in [1.54, 1.807) is 18.2 Å². The average molecular weight is 438 g/mol. The number of hydrogen-bond donors (Lipinski definition) is 2. The van der Waals surface area contributed by atoms with Crippen molar-refractivity contribution >= 4 is 24.0 Å². The molecule has 0 aliphatic heterocycles. The fourth-order valence-corrected chi connectivity index (χ4v) is 2.47. The van der Waals surface area contributed by atoms with Gasteiger partial charge in [-0.1, -0.05) is 42.5 Å². The van der Waals surface area contributed by atoms with Crippen molar-refractivity contribution in [3.05, 3.63) is 78.4 Å². The molecule has 0 saturated carbocycles. The third-order valence-electron chi connectivity index (χ3n) is 3.92. The molecular formula is C24H26N2O6. The number of ether oxygens (including phenoxy) is 3. The summed E-state index contributed by atoms with van der Waals surface area (Å²) in [5.41, 5.74) is 1.72. The van der Waals surface area contributed by atoms with E-state index in [1.807, 2.05) is 42.6 Å². The highest BCUT2D eigenvalue weighted by molar-refractivity contribution is 5.96. The molecule has 0 bridgehead atoms. The molecule has 0 unspecified atom stereocenters. The predicted octanol–water partition coefficient (Wildman–Crippen LogP) is 3.23. The second kappa shape index (κ2) is 13.3. The first-order chi connectivity index (χ1) is 15.5. The van der Waals surface area contributed by atoms with Crippen LogP contribution in [0.3, 0.4) is 0 Å². The molecule has 2 aromatic carbocycles. The topological polar surface area (TPSA) is 103 Å². The van der Waals surface area contributed by atoms with Crippen molar-refractivity contribution in [1.82, 2.24) is 10.6 Å². The summed E-state index contributed by atoms with van der Waals surface area (Å²) < 4.78 is 16.3. The summed E-state index contributed by atoms with van der Waals surface area (Å²) in [4.78, 5) is 34.8. The van der Waals surface area contributed by atoms with Crippen LogP contribution in [-0.4, -0.2) is 37.7 Å². The highest BCUT2D eigenvalue weighted by Gasteiger charge is 2.10. The van der Waals surface area contributed by atoms with E-state index in [0.29, 0.717) is 30.3 Å². The number of benzene rings is 2. The molecule has 32 heavy (non-hydrogen) atoms. The summed E-state index contributed by atoms with van der Waals surface area (Å²) in [6.07, 6.45) is 4.18. The highest BCUT2D eigenvalue weighted by atomic mass is 16.5. The van der Waals surface area contributed by atoms with Crippen LogP contribution in [0.4, 0.5) is 4.79 Å². The second-order valence-corrected chi connectivity index (χ2v) is 6.40. The van der Waals surface area contributed by atoms with Gasteiger partial charge in [-0.25, -0.2) is 9.59 Å². The SMILES string of the molecule is C=CCNC(=O)NC(=O)COC(=O)C=Cc1ccc(OCc2ccccc2)c(OCC)c1. The van der Waals surface area contributed by atoms with Crippen LogP contribution >= 0.6 is 0 Å². The summed E-state index contributed by atoms with van der Waals surface area (Å²) in [5.74, 6) is -0.341. The number of carbonyl (C=O) groups excluding carboxylic acids is 3. The molecule has 3 amide bonds. The maximum Gasteiger partial charge on any atom is 0.331 e. The van der Waals surface area contributed by atoms with Crippen LogP contribution in [0, 0.1) is 0 Å². The summed E-state index contributed by atoms with van der Waals surface area (Å²) in [5, 5.41) is 4.40. The van der Waals surface area contributed by atoms with Crippen molar-refractivity contribution in [1.29, 1.82) is 0 Å². The summed E-state index contributed by atoms with van der Waals surface area (Å²) >= 11 is 0. The van der Waals surface area contributed by atoms with Crippen molar-refractivity contribution in [2.24, 2.45) is 0 Å². The minimum absolute atomic E-state index is 0.210.